The van der Waals surface area contributed by atoms with Gasteiger partial charge in [-0.3, -0.25) is 9.36 Å². The number of nitrogen functional groups attached to an aromatic ring is 1. The molecule has 0 aromatic carbocycles. The van der Waals surface area contributed by atoms with Crippen LogP contribution in [0.25, 0.3) is 16.9 Å². The summed E-state index contributed by atoms with van der Waals surface area (Å²) >= 11 is 6.42. The average molecular weight is 360 g/mol. The lowest BCUT2D eigenvalue weighted by atomic mass is 10.0. The molecule has 5 N–H and O–H groups in total. The second-order valence-corrected chi connectivity index (χ2v) is 6.99. The van der Waals surface area contributed by atoms with Gasteiger partial charge < -0.3 is 16.6 Å². The van der Waals surface area contributed by atoms with E-state index in [1.807, 2.05) is 6.92 Å². The fourth-order valence-electron chi connectivity index (χ4n) is 3.24. The Balaban J connectivity index is 2.03. The van der Waals surface area contributed by atoms with Crippen LogP contribution in [-0.4, -0.2) is 37.0 Å². The highest BCUT2D eigenvalue weighted by Gasteiger charge is 2.32. The third-order valence-corrected chi connectivity index (χ3v) is 5.17. The van der Waals surface area contributed by atoms with E-state index in [1.54, 1.807) is 22.9 Å². The highest BCUT2D eigenvalue weighted by atomic mass is 35.5. The Bertz CT molecular complexity index is 958. The van der Waals surface area contributed by atoms with Crippen LogP contribution in [-0.2, 0) is 0 Å². The van der Waals surface area contributed by atoms with Crippen LogP contribution >= 0.6 is 11.6 Å². The zero-order valence-electron chi connectivity index (χ0n) is 13.6. The lowest BCUT2D eigenvalue weighted by Crippen LogP contribution is -2.27. The van der Waals surface area contributed by atoms with Gasteiger partial charge >= 0.3 is 0 Å². The lowest BCUT2D eigenvalue weighted by molar-refractivity contribution is 0.100. The van der Waals surface area contributed by atoms with Crippen LogP contribution in [0.5, 0.6) is 0 Å². The summed E-state index contributed by atoms with van der Waals surface area (Å²) in [5, 5.41) is 9.37. The predicted octanol–water partition coefficient (Wildman–Crippen LogP) is 1.76. The number of amides is 1. The molecule has 0 radical (unpaired) electrons. The summed E-state index contributed by atoms with van der Waals surface area (Å²) in [6, 6.07) is 0. The van der Waals surface area contributed by atoms with Crippen LogP contribution in [0.15, 0.2) is 23.9 Å². The minimum absolute atomic E-state index is 0.137. The summed E-state index contributed by atoms with van der Waals surface area (Å²) in [4.78, 5) is 21.1. The quantitative estimate of drug-likeness (QED) is 0.721. The summed E-state index contributed by atoms with van der Waals surface area (Å²) < 4.78 is 1.58. The van der Waals surface area contributed by atoms with Gasteiger partial charge in [-0.05, 0) is 25.3 Å². The fraction of sp³-hybridized carbons (Fsp3) is 0.353. The molecule has 0 aliphatic heterocycles. The van der Waals surface area contributed by atoms with Crippen molar-refractivity contribution < 1.29 is 9.90 Å². The average Bonchev–Trinajstić information content (AvgIpc) is 3.36. The van der Waals surface area contributed by atoms with Crippen molar-refractivity contribution in [3.05, 3.63) is 35.2 Å². The normalized spacial score (nSPS) is 23.5. The summed E-state index contributed by atoms with van der Waals surface area (Å²) in [7, 11) is 0. The van der Waals surface area contributed by atoms with E-state index in [0.29, 0.717) is 22.8 Å². The Morgan fingerprint density at radius 2 is 2.16 bits per heavy atom. The van der Waals surface area contributed by atoms with Gasteiger partial charge in [0.15, 0.2) is 5.65 Å². The summed E-state index contributed by atoms with van der Waals surface area (Å²) in [6.45, 7) is 1.86. The smallest absolute Gasteiger partial charge is 0.254 e. The van der Waals surface area contributed by atoms with E-state index in [4.69, 9.17) is 23.1 Å². The molecule has 4 rings (SSSR count). The number of rotatable bonds is 3. The van der Waals surface area contributed by atoms with E-state index in [1.165, 1.54) is 0 Å². The number of carbonyl (C=O) groups is 1. The van der Waals surface area contributed by atoms with Crippen molar-refractivity contribution in [1.29, 1.82) is 0 Å². The van der Waals surface area contributed by atoms with Gasteiger partial charge in [-0.15, -0.1) is 11.6 Å². The maximum absolute atomic E-state index is 12.0. The molecule has 2 aliphatic carbocycles. The Hall–Kier alpha value is -2.38. The minimum atomic E-state index is -0.868. The predicted molar refractivity (Wildman–Crippen MR) is 96.1 cm³/mol. The molecule has 2 heterocycles. The number of carbonyl (C=O) groups excluding carboxylic acids is 1. The molecule has 130 valence electrons. The fourth-order valence-corrected chi connectivity index (χ4v) is 3.60. The number of nitrogens with two attached hydrogens (primary N) is 2. The maximum atomic E-state index is 12.0. The van der Waals surface area contributed by atoms with Gasteiger partial charge in [0, 0.05) is 11.6 Å². The first-order valence-electron chi connectivity index (χ1n) is 8.08. The largest absolute Gasteiger partial charge is 0.387 e. The molecule has 25 heavy (non-hydrogen) atoms. The number of aromatic nitrogens is 3. The highest BCUT2D eigenvalue weighted by molar-refractivity contribution is 6.27. The van der Waals surface area contributed by atoms with Crippen LogP contribution in [0, 0.1) is 0 Å². The van der Waals surface area contributed by atoms with E-state index in [9.17, 15) is 9.90 Å². The van der Waals surface area contributed by atoms with Crippen LogP contribution in [0.2, 0.25) is 0 Å². The number of hydrogen-bond acceptors (Lipinski definition) is 5. The number of alkyl halides is 1. The number of anilines is 1. The summed E-state index contributed by atoms with van der Waals surface area (Å²) in [6.07, 6.45) is 6.34. The Labute approximate surface area is 149 Å². The third kappa shape index (κ3) is 2.42. The minimum Gasteiger partial charge on any atom is -0.387 e. The molecule has 2 aromatic rings. The first-order chi connectivity index (χ1) is 11.9. The van der Waals surface area contributed by atoms with Crippen molar-refractivity contribution in [3.8, 4) is 0 Å². The molecule has 2 aromatic heterocycles. The highest BCUT2D eigenvalue weighted by Crippen LogP contribution is 2.41. The topological polar surface area (TPSA) is 120 Å². The molecule has 1 saturated carbocycles. The van der Waals surface area contributed by atoms with Gasteiger partial charge in [0.05, 0.1) is 18.0 Å². The van der Waals surface area contributed by atoms with Gasteiger partial charge in [0.2, 0.25) is 0 Å². The number of halogens is 1. The number of nitrogens with zero attached hydrogens (tertiary/aromatic N) is 3. The molecule has 1 fully saturated rings. The molecule has 2 atom stereocenters. The molecular formula is C17H18ClN5O2. The van der Waals surface area contributed by atoms with E-state index < -0.39 is 17.4 Å². The molecule has 2 aliphatic rings. The summed E-state index contributed by atoms with van der Waals surface area (Å²) in [5.41, 5.74) is 14.9. The zero-order valence-corrected chi connectivity index (χ0v) is 14.4. The number of primary amides is 1. The van der Waals surface area contributed by atoms with E-state index in [2.05, 4.69) is 9.97 Å². The zero-order chi connectivity index (χ0) is 17.9. The Morgan fingerprint density at radius 1 is 1.44 bits per heavy atom. The van der Waals surface area contributed by atoms with Gasteiger partial charge in [-0.1, -0.05) is 12.2 Å². The molecule has 0 saturated heterocycles. The Kier molecular flexibility index (Phi) is 3.59. The molecular weight excluding hydrogens is 342 g/mol. The van der Waals surface area contributed by atoms with Crippen molar-refractivity contribution in [2.75, 3.05) is 5.73 Å². The van der Waals surface area contributed by atoms with Crippen molar-refractivity contribution in [3.63, 3.8) is 0 Å². The monoisotopic (exact) mass is 359 g/mol. The van der Waals surface area contributed by atoms with Crippen molar-refractivity contribution >= 4 is 40.2 Å². The number of aliphatic hydroxyl groups is 1. The van der Waals surface area contributed by atoms with Gasteiger partial charge in [0.25, 0.3) is 5.91 Å². The molecule has 0 spiro atoms. The van der Waals surface area contributed by atoms with Crippen LogP contribution in [0.3, 0.4) is 0 Å². The maximum Gasteiger partial charge on any atom is 0.254 e. The van der Waals surface area contributed by atoms with E-state index in [0.717, 1.165) is 24.1 Å². The van der Waals surface area contributed by atoms with Crippen LogP contribution < -0.4 is 11.5 Å². The van der Waals surface area contributed by atoms with Gasteiger partial charge in [-0.2, -0.15) is 0 Å². The van der Waals surface area contributed by atoms with Crippen molar-refractivity contribution in [2.45, 2.75) is 37.2 Å². The van der Waals surface area contributed by atoms with Crippen LogP contribution in [0.4, 0.5) is 5.82 Å². The van der Waals surface area contributed by atoms with Crippen molar-refractivity contribution in [1.82, 2.24) is 14.5 Å². The molecule has 1 amide bonds. The van der Waals surface area contributed by atoms with E-state index >= 15 is 0 Å². The Morgan fingerprint density at radius 3 is 2.80 bits per heavy atom. The van der Waals surface area contributed by atoms with Gasteiger partial charge in [-0.25, -0.2) is 9.97 Å². The van der Waals surface area contributed by atoms with Crippen molar-refractivity contribution in [2.24, 2.45) is 5.73 Å². The lowest BCUT2D eigenvalue weighted by Gasteiger charge is -2.25. The second-order valence-electron chi connectivity index (χ2n) is 6.52. The summed E-state index contributed by atoms with van der Waals surface area (Å²) in [5.74, 6) is -0.152. The van der Waals surface area contributed by atoms with E-state index in [-0.39, 0.29) is 11.4 Å². The molecule has 2 unspecified atom stereocenters. The first-order valence-corrected chi connectivity index (χ1v) is 8.52. The SMILES string of the molecule is CC1=C(n2c(N)c(C(N)=O)c3nc(C4CC4)cnc32)C(Cl)C(O)C=C1. The molecule has 8 heteroatoms. The third-order valence-electron chi connectivity index (χ3n) is 4.71. The molecule has 7 nitrogen and oxygen atoms in total. The number of aliphatic hydroxyl groups excluding tert-OH is 1. The number of allylic oxidation sites excluding steroid dienone is 2. The van der Waals surface area contributed by atoms with Gasteiger partial charge in [0.1, 0.15) is 22.3 Å². The first kappa shape index (κ1) is 16.1. The number of fused-ring (bicyclic) bond motifs is 1. The second kappa shape index (κ2) is 5.57. The standard InChI is InChI=1S/C17H18ClN5O2/c1-7-2-5-10(24)12(18)14(7)23-15(19)11(16(20)25)13-17(23)21-6-9(22-13)8-3-4-8/h2,5-6,8,10,12,24H,3-4,19H2,1H3,(H2,20,25). The molecule has 0 bridgehead atoms. The van der Waals surface area contributed by atoms with Crippen LogP contribution in [0.1, 0.15) is 41.7 Å². The number of hydrogen-bond donors (Lipinski definition) is 3.